The summed E-state index contributed by atoms with van der Waals surface area (Å²) in [6, 6.07) is 21.1. The lowest BCUT2D eigenvalue weighted by atomic mass is 9.90. The number of halogens is 1. The lowest BCUT2D eigenvalue weighted by molar-refractivity contribution is -0.137. The summed E-state index contributed by atoms with van der Waals surface area (Å²) in [5.74, 6) is -0.182. The highest BCUT2D eigenvalue weighted by molar-refractivity contribution is 6.31. The van der Waals surface area contributed by atoms with Crippen molar-refractivity contribution < 1.29 is 19.4 Å². The van der Waals surface area contributed by atoms with Gasteiger partial charge in [0.15, 0.2) is 0 Å². The Bertz CT molecular complexity index is 1240. The van der Waals surface area contributed by atoms with Gasteiger partial charge in [-0.3, -0.25) is 9.59 Å². The van der Waals surface area contributed by atoms with Gasteiger partial charge in [0.2, 0.25) is 0 Å². The first-order valence-electron chi connectivity index (χ1n) is 11.8. The number of carbonyl (C=O) groups is 2. The van der Waals surface area contributed by atoms with E-state index in [0.29, 0.717) is 28.5 Å². The fraction of sp³-hybridized carbons (Fsp3) is 0.310. The van der Waals surface area contributed by atoms with E-state index < -0.39 is 18.1 Å². The van der Waals surface area contributed by atoms with E-state index in [0.717, 1.165) is 17.7 Å². The number of aliphatic carboxylic acids is 1. The molecule has 0 saturated heterocycles. The topological polar surface area (TPSA) is 66.8 Å². The first-order valence-corrected chi connectivity index (χ1v) is 12.2. The Kier molecular flexibility index (Phi) is 7.18. The van der Waals surface area contributed by atoms with Crippen LogP contribution in [0.1, 0.15) is 59.3 Å². The van der Waals surface area contributed by atoms with Crippen molar-refractivity contribution in [2.75, 3.05) is 6.54 Å². The molecule has 0 spiro atoms. The van der Waals surface area contributed by atoms with Crippen LogP contribution in [0.25, 0.3) is 0 Å². The minimum Gasteiger partial charge on any atom is -0.487 e. The van der Waals surface area contributed by atoms with Crippen molar-refractivity contribution in [3.8, 4) is 5.75 Å². The first kappa shape index (κ1) is 24.8. The third kappa shape index (κ3) is 5.85. The van der Waals surface area contributed by atoms with Crippen molar-refractivity contribution in [1.29, 1.82) is 0 Å². The number of benzene rings is 3. The van der Waals surface area contributed by atoms with Crippen molar-refractivity contribution in [2.45, 2.75) is 51.7 Å². The predicted octanol–water partition coefficient (Wildman–Crippen LogP) is 6.13. The lowest BCUT2D eigenvalue weighted by Crippen LogP contribution is -2.35. The second kappa shape index (κ2) is 10.1. The Labute approximate surface area is 211 Å². The minimum absolute atomic E-state index is 0.114. The molecule has 1 aliphatic heterocycles. The SMILES string of the molecule is CC(C)c1ccc(C[C@@]2(C)Cc3cc(C(=O)N(CC(=O)O)Cc4ccccc4Cl)ccc3O2)cc1. The highest BCUT2D eigenvalue weighted by Crippen LogP contribution is 2.38. The summed E-state index contributed by atoms with van der Waals surface area (Å²) in [5, 5.41) is 9.89. The van der Waals surface area contributed by atoms with Gasteiger partial charge < -0.3 is 14.7 Å². The molecule has 3 aromatic carbocycles. The number of hydrogen-bond donors (Lipinski definition) is 1. The number of carboxylic acids is 1. The van der Waals surface area contributed by atoms with E-state index in [2.05, 4.69) is 45.0 Å². The van der Waals surface area contributed by atoms with Crippen LogP contribution in [0.5, 0.6) is 5.75 Å². The second-order valence-electron chi connectivity index (χ2n) is 9.77. The minimum atomic E-state index is -1.08. The van der Waals surface area contributed by atoms with Gasteiger partial charge in [-0.25, -0.2) is 0 Å². The fourth-order valence-electron chi connectivity index (χ4n) is 4.58. The highest BCUT2D eigenvalue weighted by Gasteiger charge is 2.35. The van der Waals surface area contributed by atoms with E-state index in [4.69, 9.17) is 16.3 Å². The molecular weight excluding hydrogens is 462 g/mol. The van der Waals surface area contributed by atoms with Crippen LogP contribution in [-0.2, 0) is 24.2 Å². The monoisotopic (exact) mass is 491 g/mol. The predicted molar refractivity (Wildman–Crippen MR) is 137 cm³/mol. The van der Waals surface area contributed by atoms with Crippen LogP contribution in [-0.4, -0.2) is 34.0 Å². The molecule has 6 heteroatoms. The van der Waals surface area contributed by atoms with Crippen LogP contribution in [0.2, 0.25) is 5.02 Å². The molecule has 0 aromatic heterocycles. The molecule has 3 aromatic rings. The Hall–Kier alpha value is -3.31. The standard InChI is InChI=1S/C29H30ClNO4/c1-19(2)21-10-8-20(9-11-21)15-29(3)16-24-14-22(12-13-26(24)35-29)28(34)31(18-27(32)33)17-23-6-4-5-7-25(23)30/h4-14,19H,15-18H2,1-3H3,(H,32,33)/t29-/m0/s1. The summed E-state index contributed by atoms with van der Waals surface area (Å²) in [5.41, 5.74) is 4.18. The number of carbonyl (C=O) groups excluding carboxylic acids is 1. The molecule has 1 N–H and O–H groups in total. The molecule has 35 heavy (non-hydrogen) atoms. The maximum Gasteiger partial charge on any atom is 0.323 e. The molecular formula is C29H30ClNO4. The molecule has 0 aliphatic carbocycles. The average Bonchev–Trinajstić information content (AvgIpc) is 3.14. The van der Waals surface area contributed by atoms with Gasteiger partial charge in [-0.15, -0.1) is 0 Å². The van der Waals surface area contributed by atoms with Gasteiger partial charge in [-0.05, 0) is 59.4 Å². The Morgan fingerprint density at radius 3 is 2.46 bits per heavy atom. The first-order chi connectivity index (χ1) is 16.6. The summed E-state index contributed by atoms with van der Waals surface area (Å²) in [6.45, 7) is 6.14. The summed E-state index contributed by atoms with van der Waals surface area (Å²) in [7, 11) is 0. The number of rotatable bonds is 8. The molecule has 0 bridgehead atoms. The van der Waals surface area contributed by atoms with Crippen LogP contribution in [0.15, 0.2) is 66.7 Å². The Morgan fingerprint density at radius 1 is 1.09 bits per heavy atom. The van der Waals surface area contributed by atoms with Crippen molar-refractivity contribution in [2.24, 2.45) is 0 Å². The molecule has 5 nitrogen and oxygen atoms in total. The van der Waals surface area contributed by atoms with Crippen molar-refractivity contribution >= 4 is 23.5 Å². The van der Waals surface area contributed by atoms with Gasteiger partial charge in [0, 0.05) is 30.0 Å². The van der Waals surface area contributed by atoms with Crippen molar-refractivity contribution in [1.82, 2.24) is 4.90 Å². The number of ether oxygens (including phenoxy) is 1. The second-order valence-corrected chi connectivity index (χ2v) is 10.2. The zero-order valence-corrected chi connectivity index (χ0v) is 21.0. The maximum absolute atomic E-state index is 13.3. The van der Waals surface area contributed by atoms with E-state index in [1.807, 2.05) is 18.2 Å². The van der Waals surface area contributed by atoms with E-state index in [9.17, 15) is 14.7 Å². The van der Waals surface area contributed by atoms with Crippen LogP contribution in [0.3, 0.4) is 0 Å². The Balaban J connectivity index is 1.51. The van der Waals surface area contributed by atoms with Gasteiger partial charge >= 0.3 is 5.97 Å². The van der Waals surface area contributed by atoms with Crippen molar-refractivity contribution in [3.05, 3.63) is 99.6 Å². The summed E-state index contributed by atoms with van der Waals surface area (Å²) < 4.78 is 6.31. The van der Waals surface area contributed by atoms with Gasteiger partial charge in [-0.2, -0.15) is 0 Å². The molecule has 0 fully saturated rings. The fourth-order valence-corrected chi connectivity index (χ4v) is 4.78. The van der Waals surface area contributed by atoms with Gasteiger partial charge in [0.05, 0.1) is 0 Å². The van der Waals surface area contributed by atoms with E-state index in [1.165, 1.54) is 16.0 Å². The molecule has 4 rings (SSSR count). The smallest absolute Gasteiger partial charge is 0.323 e. The summed E-state index contributed by atoms with van der Waals surface area (Å²) in [4.78, 5) is 26.1. The molecule has 0 saturated carbocycles. The zero-order valence-electron chi connectivity index (χ0n) is 20.3. The van der Waals surface area contributed by atoms with E-state index in [1.54, 1.807) is 24.3 Å². The Morgan fingerprint density at radius 2 is 1.80 bits per heavy atom. The zero-order chi connectivity index (χ0) is 25.2. The lowest BCUT2D eigenvalue weighted by Gasteiger charge is -2.24. The largest absolute Gasteiger partial charge is 0.487 e. The van der Waals surface area contributed by atoms with Crippen LogP contribution >= 0.6 is 11.6 Å². The molecule has 1 amide bonds. The number of hydrogen-bond acceptors (Lipinski definition) is 3. The molecule has 0 radical (unpaired) electrons. The van der Waals surface area contributed by atoms with Crippen LogP contribution < -0.4 is 4.74 Å². The molecule has 1 atom stereocenters. The number of fused-ring (bicyclic) bond motifs is 1. The van der Waals surface area contributed by atoms with Crippen LogP contribution in [0.4, 0.5) is 0 Å². The van der Waals surface area contributed by atoms with Crippen LogP contribution in [0, 0.1) is 0 Å². The molecule has 0 unspecified atom stereocenters. The van der Waals surface area contributed by atoms with Gasteiger partial charge in [-0.1, -0.05) is 67.9 Å². The molecule has 1 heterocycles. The highest BCUT2D eigenvalue weighted by atomic mass is 35.5. The molecule has 182 valence electrons. The summed E-state index contributed by atoms with van der Waals surface area (Å²) >= 11 is 6.25. The van der Waals surface area contributed by atoms with E-state index >= 15 is 0 Å². The van der Waals surface area contributed by atoms with Gasteiger partial charge in [0.25, 0.3) is 5.91 Å². The summed E-state index contributed by atoms with van der Waals surface area (Å²) in [6.07, 6.45) is 1.42. The van der Waals surface area contributed by atoms with Gasteiger partial charge in [0.1, 0.15) is 17.9 Å². The number of amides is 1. The number of nitrogens with zero attached hydrogens (tertiary/aromatic N) is 1. The average molecular weight is 492 g/mol. The third-order valence-corrected chi connectivity index (χ3v) is 6.75. The maximum atomic E-state index is 13.3. The quantitative estimate of drug-likeness (QED) is 0.412. The van der Waals surface area contributed by atoms with E-state index in [-0.39, 0.29) is 12.5 Å². The third-order valence-electron chi connectivity index (χ3n) is 6.39. The van der Waals surface area contributed by atoms with Crippen molar-refractivity contribution in [3.63, 3.8) is 0 Å². The normalized spacial score (nSPS) is 16.6. The number of carboxylic acid groups (broad SMARTS) is 1. The molecule has 1 aliphatic rings.